The molecule has 44 heavy (non-hydrogen) atoms. The maximum Gasteiger partial charge on any atom is 0.0562 e. The van der Waals surface area contributed by atoms with Crippen LogP contribution in [0.3, 0.4) is 0 Å². The third-order valence-electron chi connectivity index (χ3n) is 9.43. The lowest BCUT2D eigenvalue weighted by Gasteiger charge is -2.14. The molecule has 8 aromatic carbocycles. The van der Waals surface area contributed by atoms with E-state index in [4.69, 9.17) is 0 Å². The highest BCUT2D eigenvalue weighted by atomic mass is 15.0. The number of para-hydroxylation sites is 2. The summed E-state index contributed by atoms with van der Waals surface area (Å²) >= 11 is 0. The van der Waals surface area contributed by atoms with Crippen molar-refractivity contribution in [3.63, 3.8) is 0 Å². The van der Waals surface area contributed by atoms with Crippen LogP contribution in [0.2, 0.25) is 0 Å². The van der Waals surface area contributed by atoms with E-state index >= 15 is 0 Å². The van der Waals surface area contributed by atoms with Crippen molar-refractivity contribution in [1.82, 2.24) is 9.13 Å². The number of benzene rings is 8. The van der Waals surface area contributed by atoms with E-state index in [9.17, 15) is 0 Å². The predicted molar refractivity (Wildman–Crippen MR) is 188 cm³/mol. The first-order valence-corrected chi connectivity index (χ1v) is 15.2. The van der Waals surface area contributed by atoms with Crippen molar-refractivity contribution >= 4 is 75.9 Å². The second-order valence-corrected chi connectivity index (χ2v) is 11.8. The van der Waals surface area contributed by atoms with Gasteiger partial charge in [-0.15, -0.1) is 0 Å². The smallest absolute Gasteiger partial charge is 0.0562 e. The SMILES string of the molecule is c1ccc(-n2c3cc4ccccc4cc3c3cc4c5ccccc5n(-c5cc6ccccc6c6ccccc56)c4cc32)cc1. The molecule has 10 aromatic rings. The summed E-state index contributed by atoms with van der Waals surface area (Å²) in [6.07, 6.45) is 0. The van der Waals surface area contributed by atoms with Crippen LogP contribution in [0, 0.1) is 0 Å². The Bertz CT molecular complexity index is 2760. The van der Waals surface area contributed by atoms with Crippen LogP contribution in [0.4, 0.5) is 0 Å². The van der Waals surface area contributed by atoms with Gasteiger partial charge in [0.15, 0.2) is 0 Å². The molecule has 0 aliphatic carbocycles. The minimum Gasteiger partial charge on any atom is -0.309 e. The van der Waals surface area contributed by atoms with Crippen LogP contribution in [0.5, 0.6) is 0 Å². The van der Waals surface area contributed by atoms with E-state index in [0.29, 0.717) is 0 Å². The third kappa shape index (κ3) is 3.20. The normalized spacial score (nSPS) is 12.1. The quantitative estimate of drug-likeness (QED) is 0.187. The molecule has 0 aliphatic rings. The summed E-state index contributed by atoms with van der Waals surface area (Å²) in [5.41, 5.74) is 7.24. The van der Waals surface area contributed by atoms with Gasteiger partial charge in [-0.25, -0.2) is 0 Å². The molecular weight excluding hydrogens is 532 g/mol. The lowest BCUT2D eigenvalue weighted by molar-refractivity contribution is 1.17. The molecule has 204 valence electrons. The molecule has 0 N–H and O–H groups in total. The lowest BCUT2D eigenvalue weighted by Crippen LogP contribution is -1.97. The molecule has 0 spiro atoms. The van der Waals surface area contributed by atoms with Crippen LogP contribution in [0.15, 0.2) is 158 Å². The van der Waals surface area contributed by atoms with Crippen molar-refractivity contribution in [1.29, 1.82) is 0 Å². The number of hydrogen-bond donors (Lipinski definition) is 0. The van der Waals surface area contributed by atoms with E-state index in [0.717, 1.165) is 0 Å². The fourth-order valence-electron chi connectivity index (χ4n) is 7.50. The van der Waals surface area contributed by atoms with Gasteiger partial charge in [-0.3, -0.25) is 0 Å². The molecule has 2 nitrogen and oxygen atoms in total. The Hall–Kier alpha value is -5.86. The number of hydrogen-bond acceptors (Lipinski definition) is 0. The van der Waals surface area contributed by atoms with Crippen molar-refractivity contribution in [3.8, 4) is 11.4 Å². The molecule has 2 aromatic heterocycles. The van der Waals surface area contributed by atoms with Crippen LogP contribution in [-0.4, -0.2) is 9.13 Å². The highest BCUT2D eigenvalue weighted by Gasteiger charge is 2.20. The first kappa shape index (κ1) is 23.7. The Labute approximate surface area is 253 Å². The van der Waals surface area contributed by atoms with Gasteiger partial charge in [0.05, 0.1) is 27.8 Å². The van der Waals surface area contributed by atoms with Gasteiger partial charge in [0.2, 0.25) is 0 Å². The zero-order chi connectivity index (χ0) is 28.8. The van der Waals surface area contributed by atoms with Crippen molar-refractivity contribution in [2.75, 3.05) is 0 Å². The van der Waals surface area contributed by atoms with Crippen LogP contribution in [-0.2, 0) is 0 Å². The fraction of sp³-hybridized carbons (Fsp3) is 0. The molecule has 2 heterocycles. The van der Waals surface area contributed by atoms with Gasteiger partial charge < -0.3 is 9.13 Å². The standard InChI is InChI=1S/C42H26N2/c1-2-15-30(16-3-1)43-40-23-28-13-5-4-12-27(28)22-35(40)37-25-36-34-20-10-11-21-38(34)44(42(36)26-41(37)43)39-24-29-14-6-7-17-31(29)32-18-8-9-19-33(32)39/h1-26H. The summed E-state index contributed by atoms with van der Waals surface area (Å²) in [5, 5.41) is 12.7. The zero-order valence-corrected chi connectivity index (χ0v) is 23.9. The van der Waals surface area contributed by atoms with Crippen LogP contribution in [0.25, 0.3) is 87.3 Å². The number of aromatic nitrogens is 2. The predicted octanol–water partition coefficient (Wildman–Crippen LogP) is 11.3. The molecule has 0 fully saturated rings. The highest BCUT2D eigenvalue weighted by molar-refractivity contribution is 6.21. The number of fused-ring (bicyclic) bond motifs is 10. The molecule has 0 radical (unpaired) electrons. The van der Waals surface area contributed by atoms with Gasteiger partial charge in [0.1, 0.15) is 0 Å². The first-order valence-electron chi connectivity index (χ1n) is 15.2. The topological polar surface area (TPSA) is 9.86 Å². The third-order valence-corrected chi connectivity index (χ3v) is 9.43. The van der Waals surface area contributed by atoms with Crippen LogP contribution >= 0.6 is 0 Å². The van der Waals surface area contributed by atoms with Gasteiger partial charge >= 0.3 is 0 Å². The summed E-state index contributed by atoms with van der Waals surface area (Å²) in [5.74, 6) is 0. The fourth-order valence-corrected chi connectivity index (χ4v) is 7.50. The Kier molecular flexibility index (Phi) is 4.75. The van der Waals surface area contributed by atoms with Gasteiger partial charge in [-0.2, -0.15) is 0 Å². The molecule has 10 rings (SSSR count). The van der Waals surface area contributed by atoms with Crippen LogP contribution in [0.1, 0.15) is 0 Å². The Morgan fingerprint density at radius 2 is 0.818 bits per heavy atom. The molecule has 0 saturated heterocycles. The molecule has 0 atom stereocenters. The van der Waals surface area contributed by atoms with Gasteiger partial charge in [-0.05, 0) is 75.5 Å². The van der Waals surface area contributed by atoms with E-state index in [2.05, 4.69) is 167 Å². The molecule has 0 aliphatic heterocycles. The van der Waals surface area contributed by atoms with Gasteiger partial charge in [0, 0.05) is 32.6 Å². The largest absolute Gasteiger partial charge is 0.309 e. The van der Waals surface area contributed by atoms with E-state index in [-0.39, 0.29) is 0 Å². The summed E-state index contributed by atoms with van der Waals surface area (Å²) in [6.45, 7) is 0. The number of nitrogens with zero attached hydrogens (tertiary/aromatic N) is 2. The van der Waals surface area contributed by atoms with Crippen LogP contribution < -0.4 is 0 Å². The van der Waals surface area contributed by atoms with Gasteiger partial charge in [-0.1, -0.05) is 109 Å². The second-order valence-electron chi connectivity index (χ2n) is 11.8. The highest BCUT2D eigenvalue weighted by Crippen LogP contribution is 2.42. The summed E-state index contributed by atoms with van der Waals surface area (Å²) in [4.78, 5) is 0. The minimum absolute atomic E-state index is 1.17. The van der Waals surface area contributed by atoms with Crippen molar-refractivity contribution in [3.05, 3.63) is 158 Å². The average molecular weight is 559 g/mol. The van der Waals surface area contributed by atoms with Gasteiger partial charge in [0.25, 0.3) is 0 Å². The molecular formula is C42H26N2. The Morgan fingerprint density at radius 1 is 0.273 bits per heavy atom. The maximum absolute atomic E-state index is 2.49. The summed E-state index contributed by atoms with van der Waals surface area (Å²) in [7, 11) is 0. The molecule has 0 bridgehead atoms. The molecule has 0 amide bonds. The zero-order valence-electron chi connectivity index (χ0n) is 23.9. The molecule has 0 unspecified atom stereocenters. The molecule has 0 saturated carbocycles. The molecule has 2 heteroatoms. The maximum atomic E-state index is 2.49. The first-order chi connectivity index (χ1) is 21.8. The lowest BCUT2D eigenvalue weighted by atomic mass is 10.00. The second kappa shape index (κ2) is 8.82. The summed E-state index contributed by atoms with van der Waals surface area (Å²) in [6, 6.07) is 57.8. The Balaban J connectivity index is 1.42. The minimum atomic E-state index is 1.17. The monoisotopic (exact) mass is 558 g/mol. The Morgan fingerprint density at radius 3 is 1.64 bits per heavy atom. The van der Waals surface area contributed by atoms with Crippen molar-refractivity contribution in [2.24, 2.45) is 0 Å². The van der Waals surface area contributed by atoms with Crippen molar-refractivity contribution < 1.29 is 0 Å². The average Bonchev–Trinajstić information content (AvgIpc) is 3.57. The van der Waals surface area contributed by atoms with Crippen molar-refractivity contribution in [2.45, 2.75) is 0 Å². The van der Waals surface area contributed by atoms with E-state index in [1.165, 1.54) is 87.3 Å². The number of rotatable bonds is 2. The van der Waals surface area contributed by atoms with E-state index in [1.54, 1.807) is 0 Å². The van der Waals surface area contributed by atoms with E-state index < -0.39 is 0 Å². The summed E-state index contributed by atoms with van der Waals surface area (Å²) < 4.78 is 4.93. The van der Waals surface area contributed by atoms with E-state index in [1.807, 2.05) is 0 Å².